The minimum absolute atomic E-state index is 0.174. The number of carbonyl (C=O) groups excluding carboxylic acids is 1. The normalized spacial score (nSPS) is 21.3. The zero-order valence-corrected chi connectivity index (χ0v) is 11.5. The fourth-order valence-corrected chi connectivity index (χ4v) is 2.28. The molecular formula is C13H17BrN2O. The highest BCUT2D eigenvalue weighted by Gasteiger charge is 2.20. The van der Waals surface area contributed by atoms with Gasteiger partial charge in [-0.25, -0.2) is 0 Å². The molecule has 1 heterocycles. The Morgan fingerprint density at radius 2 is 2.18 bits per heavy atom. The summed E-state index contributed by atoms with van der Waals surface area (Å²) in [5.74, 6) is 0.174. The molecule has 1 aromatic carbocycles. The lowest BCUT2D eigenvalue weighted by Gasteiger charge is -2.17. The van der Waals surface area contributed by atoms with Gasteiger partial charge in [0, 0.05) is 29.5 Å². The Balaban J connectivity index is 1.82. The molecule has 1 aliphatic rings. The van der Waals surface area contributed by atoms with Gasteiger partial charge in [0.25, 0.3) is 0 Å². The molecule has 0 aliphatic carbocycles. The van der Waals surface area contributed by atoms with E-state index in [4.69, 9.17) is 0 Å². The van der Waals surface area contributed by atoms with Crippen LogP contribution in [-0.2, 0) is 4.79 Å². The number of hydrogen-bond acceptors (Lipinski definition) is 2. The van der Waals surface area contributed by atoms with E-state index in [0.29, 0.717) is 18.5 Å². The van der Waals surface area contributed by atoms with E-state index in [0.717, 1.165) is 17.4 Å². The van der Waals surface area contributed by atoms with Crippen LogP contribution >= 0.6 is 15.9 Å². The van der Waals surface area contributed by atoms with E-state index >= 15 is 0 Å². The Morgan fingerprint density at radius 1 is 1.47 bits per heavy atom. The fourth-order valence-electron chi connectivity index (χ4n) is 2.02. The van der Waals surface area contributed by atoms with E-state index < -0.39 is 0 Å². The Bertz CT molecular complexity index is 391. The van der Waals surface area contributed by atoms with Crippen molar-refractivity contribution in [2.45, 2.75) is 31.8 Å². The number of nitrogens with one attached hydrogen (secondary N) is 2. The second-order valence-corrected chi connectivity index (χ2v) is 5.40. The van der Waals surface area contributed by atoms with Crippen LogP contribution in [0.25, 0.3) is 0 Å². The highest BCUT2D eigenvalue weighted by atomic mass is 79.9. The first kappa shape index (κ1) is 12.6. The van der Waals surface area contributed by atoms with E-state index in [1.54, 1.807) is 0 Å². The lowest BCUT2D eigenvalue weighted by Crippen LogP contribution is -2.36. The summed E-state index contributed by atoms with van der Waals surface area (Å²) in [6, 6.07) is 8.90. The van der Waals surface area contributed by atoms with Gasteiger partial charge in [-0.15, -0.1) is 0 Å². The van der Waals surface area contributed by atoms with Gasteiger partial charge in [-0.1, -0.05) is 28.1 Å². The maximum Gasteiger partial charge on any atom is 0.220 e. The molecular weight excluding hydrogens is 280 g/mol. The van der Waals surface area contributed by atoms with Crippen molar-refractivity contribution in [3.63, 3.8) is 0 Å². The van der Waals surface area contributed by atoms with Gasteiger partial charge in [0.05, 0.1) is 0 Å². The molecule has 0 spiro atoms. The Hall–Kier alpha value is -0.870. The highest BCUT2D eigenvalue weighted by Crippen LogP contribution is 2.16. The topological polar surface area (TPSA) is 41.1 Å². The number of amides is 1. The van der Waals surface area contributed by atoms with Crippen molar-refractivity contribution in [1.82, 2.24) is 10.6 Å². The maximum atomic E-state index is 11.1. The van der Waals surface area contributed by atoms with Gasteiger partial charge in [0.2, 0.25) is 5.91 Å². The number of halogens is 1. The Morgan fingerprint density at radius 3 is 2.76 bits per heavy atom. The Labute approximate surface area is 110 Å². The van der Waals surface area contributed by atoms with Gasteiger partial charge in [-0.3, -0.25) is 4.79 Å². The van der Waals surface area contributed by atoms with E-state index in [2.05, 4.69) is 45.6 Å². The summed E-state index contributed by atoms with van der Waals surface area (Å²) in [5.41, 5.74) is 1.26. The van der Waals surface area contributed by atoms with Gasteiger partial charge in [0.15, 0.2) is 0 Å². The third-order valence-electron chi connectivity index (χ3n) is 3.13. The zero-order chi connectivity index (χ0) is 12.3. The van der Waals surface area contributed by atoms with E-state index in [1.807, 2.05) is 12.1 Å². The average molecular weight is 297 g/mol. The van der Waals surface area contributed by atoms with Crippen molar-refractivity contribution >= 4 is 21.8 Å². The molecule has 1 saturated heterocycles. The molecule has 0 saturated carbocycles. The van der Waals surface area contributed by atoms with Crippen LogP contribution < -0.4 is 10.6 Å². The quantitative estimate of drug-likeness (QED) is 0.896. The van der Waals surface area contributed by atoms with Crippen LogP contribution in [0.3, 0.4) is 0 Å². The van der Waals surface area contributed by atoms with Crippen molar-refractivity contribution in [2.24, 2.45) is 0 Å². The molecule has 17 heavy (non-hydrogen) atoms. The summed E-state index contributed by atoms with van der Waals surface area (Å²) in [6.45, 7) is 2.98. The molecule has 1 aliphatic heterocycles. The second-order valence-electron chi connectivity index (χ2n) is 4.48. The minimum atomic E-state index is 0.174. The summed E-state index contributed by atoms with van der Waals surface area (Å²) < 4.78 is 1.09. The molecule has 0 bridgehead atoms. The lowest BCUT2D eigenvalue weighted by molar-refractivity contribution is -0.119. The first-order chi connectivity index (χ1) is 8.15. The first-order valence-corrected chi connectivity index (χ1v) is 6.72. The largest absolute Gasteiger partial charge is 0.352 e. The molecule has 4 heteroatoms. The summed E-state index contributed by atoms with van der Waals surface area (Å²) >= 11 is 3.43. The lowest BCUT2D eigenvalue weighted by atomic mass is 10.1. The average Bonchev–Trinajstić information content (AvgIpc) is 2.73. The van der Waals surface area contributed by atoms with Crippen molar-refractivity contribution in [2.75, 3.05) is 6.54 Å². The van der Waals surface area contributed by atoms with Crippen LogP contribution in [0.15, 0.2) is 28.7 Å². The molecule has 2 N–H and O–H groups in total. The number of benzene rings is 1. The molecule has 0 aromatic heterocycles. The van der Waals surface area contributed by atoms with Gasteiger partial charge >= 0.3 is 0 Å². The molecule has 92 valence electrons. The van der Waals surface area contributed by atoms with Crippen molar-refractivity contribution in [1.29, 1.82) is 0 Å². The van der Waals surface area contributed by atoms with Crippen LogP contribution in [0, 0.1) is 0 Å². The zero-order valence-electron chi connectivity index (χ0n) is 9.87. The van der Waals surface area contributed by atoms with Gasteiger partial charge in [0.1, 0.15) is 0 Å². The molecule has 0 radical (unpaired) electrons. The summed E-state index contributed by atoms with van der Waals surface area (Å²) in [6.07, 6.45) is 1.61. The van der Waals surface area contributed by atoms with Crippen LogP contribution in [0.2, 0.25) is 0 Å². The van der Waals surface area contributed by atoms with Gasteiger partial charge < -0.3 is 10.6 Å². The third kappa shape index (κ3) is 3.54. The van der Waals surface area contributed by atoms with Crippen molar-refractivity contribution < 1.29 is 4.79 Å². The predicted octanol–water partition coefficient (Wildman–Crippen LogP) is 2.38. The molecule has 1 fully saturated rings. The summed E-state index contributed by atoms with van der Waals surface area (Å²) in [4.78, 5) is 11.1. The Kier molecular flexibility index (Phi) is 4.18. The monoisotopic (exact) mass is 296 g/mol. The second kappa shape index (κ2) is 5.65. The predicted molar refractivity (Wildman–Crippen MR) is 71.7 cm³/mol. The molecule has 2 atom stereocenters. The number of rotatable bonds is 4. The molecule has 2 unspecified atom stereocenters. The van der Waals surface area contributed by atoms with Gasteiger partial charge in [-0.05, 0) is 31.0 Å². The maximum absolute atomic E-state index is 11.1. The summed E-state index contributed by atoms with van der Waals surface area (Å²) in [5, 5.41) is 6.41. The molecule has 2 rings (SSSR count). The van der Waals surface area contributed by atoms with Crippen LogP contribution in [0.1, 0.15) is 31.4 Å². The molecule has 3 nitrogen and oxygen atoms in total. The third-order valence-corrected chi connectivity index (χ3v) is 3.65. The van der Waals surface area contributed by atoms with E-state index in [1.165, 1.54) is 5.56 Å². The van der Waals surface area contributed by atoms with E-state index in [9.17, 15) is 4.79 Å². The summed E-state index contributed by atoms with van der Waals surface area (Å²) in [7, 11) is 0. The van der Waals surface area contributed by atoms with Gasteiger partial charge in [-0.2, -0.15) is 0 Å². The van der Waals surface area contributed by atoms with Crippen molar-refractivity contribution in [3.05, 3.63) is 34.3 Å². The number of hydrogen-bond donors (Lipinski definition) is 2. The standard InChI is InChI=1S/C13H17BrN2O/c1-9(10-2-4-11(14)5-3-10)15-8-12-6-7-13(17)16-12/h2-5,9,12,15H,6-8H2,1H3,(H,16,17). The SMILES string of the molecule is CC(NCC1CCC(=O)N1)c1ccc(Br)cc1. The molecule has 1 aromatic rings. The smallest absolute Gasteiger partial charge is 0.220 e. The molecule has 1 amide bonds. The number of carbonyl (C=O) groups is 1. The fraction of sp³-hybridized carbons (Fsp3) is 0.462. The minimum Gasteiger partial charge on any atom is -0.352 e. The van der Waals surface area contributed by atoms with Crippen LogP contribution in [0.4, 0.5) is 0 Å². The first-order valence-electron chi connectivity index (χ1n) is 5.93. The highest BCUT2D eigenvalue weighted by molar-refractivity contribution is 9.10. The van der Waals surface area contributed by atoms with E-state index in [-0.39, 0.29) is 5.91 Å². The van der Waals surface area contributed by atoms with Crippen molar-refractivity contribution in [3.8, 4) is 0 Å². The van der Waals surface area contributed by atoms with Crippen LogP contribution in [-0.4, -0.2) is 18.5 Å². The van der Waals surface area contributed by atoms with Crippen LogP contribution in [0.5, 0.6) is 0 Å².